The Balaban J connectivity index is 2.30. The van der Waals surface area contributed by atoms with Crippen molar-refractivity contribution in [2.75, 3.05) is 5.32 Å². The predicted octanol–water partition coefficient (Wildman–Crippen LogP) is 4.65. The van der Waals surface area contributed by atoms with Crippen LogP contribution in [-0.4, -0.2) is 5.91 Å². The first-order valence-corrected chi connectivity index (χ1v) is 7.10. The predicted molar refractivity (Wildman–Crippen MR) is 76.1 cm³/mol. The quantitative estimate of drug-likeness (QED) is 0.831. The van der Waals surface area contributed by atoms with Gasteiger partial charge < -0.3 is 5.32 Å². The number of amides is 1. The van der Waals surface area contributed by atoms with Crippen molar-refractivity contribution in [1.29, 1.82) is 5.26 Å². The molecule has 0 atom stereocenters. The average molecular weight is 375 g/mol. The van der Waals surface area contributed by atoms with E-state index in [4.69, 9.17) is 5.26 Å². The number of nitrogens with zero attached hydrogens (tertiary/aromatic N) is 1. The lowest BCUT2D eigenvalue weighted by molar-refractivity contribution is -0.137. The molecule has 0 saturated heterocycles. The molecule has 0 aliphatic rings. The third-order valence-electron chi connectivity index (χ3n) is 2.50. The van der Waals surface area contributed by atoms with Gasteiger partial charge in [-0.15, -0.1) is 11.3 Å². The van der Waals surface area contributed by atoms with Crippen LogP contribution < -0.4 is 5.32 Å². The highest BCUT2D eigenvalue weighted by Gasteiger charge is 2.34. The monoisotopic (exact) mass is 374 g/mol. The zero-order valence-corrected chi connectivity index (χ0v) is 12.6. The average Bonchev–Trinajstić information content (AvgIpc) is 2.84. The second-order valence-electron chi connectivity index (χ2n) is 3.93. The van der Waals surface area contributed by atoms with E-state index in [9.17, 15) is 18.0 Å². The van der Waals surface area contributed by atoms with Crippen LogP contribution in [0.25, 0.3) is 0 Å². The van der Waals surface area contributed by atoms with E-state index in [0.29, 0.717) is 4.88 Å². The Morgan fingerprint density at radius 3 is 2.52 bits per heavy atom. The van der Waals surface area contributed by atoms with Gasteiger partial charge in [0.25, 0.3) is 5.91 Å². The van der Waals surface area contributed by atoms with Crippen LogP contribution in [0.15, 0.2) is 34.1 Å². The van der Waals surface area contributed by atoms with E-state index in [-0.39, 0.29) is 5.69 Å². The molecule has 8 heteroatoms. The van der Waals surface area contributed by atoms with Gasteiger partial charge in [0, 0.05) is 5.69 Å². The molecule has 1 aromatic carbocycles. The molecule has 0 fully saturated rings. The summed E-state index contributed by atoms with van der Waals surface area (Å²) in [4.78, 5) is 12.2. The summed E-state index contributed by atoms with van der Waals surface area (Å²) in [6, 6.07) is 7.74. The van der Waals surface area contributed by atoms with Crippen LogP contribution in [0, 0.1) is 11.3 Å². The fourth-order valence-electron chi connectivity index (χ4n) is 1.58. The van der Waals surface area contributed by atoms with Gasteiger partial charge in [0.05, 0.1) is 25.9 Å². The van der Waals surface area contributed by atoms with Crippen LogP contribution in [0.3, 0.4) is 0 Å². The van der Waals surface area contributed by atoms with Crippen molar-refractivity contribution in [2.24, 2.45) is 0 Å². The third kappa shape index (κ3) is 3.62. The Labute approximate surface area is 130 Å². The minimum Gasteiger partial charge on any atom is -0.321 e. The number of nitrogens with one attached hydrogen (secondary N) is 1. The largest absolute Gasteiger partial charge is 0.417 e. The SMILES string of the molecule is N#Cc1ccc(NC(=O)c2ccc(Br)s2)cc1C(F)(F)F. The summed E-state index contributed by atoms with van der Waals surface area (Å²) < 4.78 is 39.2. The van der Waals surface area contributed by atoms with Gasteiger partial charge in [-0.1, -0.05) is 0 Å². The lowest BCUT2D eigenvalue weighted by Crippen LogP contribution is -2.13. The molecule has 1 amide bonds. The number of alkyl halides is 3. The smallest absolute Gasteiger partial charge is 0.321 e. The summed E-state index contributed by atoms with van der Waals surface area (Å²) in [5.41, 5.74) is -1.58. The zero-order chi connectivity index (χ0) is 15.6. The van der Waals surface area contributed by atoms with E-state index < -0.39 is 23.2 Å². The molecule has 1 aromatic heterocycles. The van der Waals surface area contributed by atoms with E-state index in [1.807, 2.05) is 0 Å². The number of carbonyl (C=O) groups excluding carboxylic acids is 1. The Morgan fingerprint density at radius 1 is 1.29 bits per heavy atom. The number of anilines is 1. The first kappa shape index (κ1) is 15.5. The second-order valence-corrected chi connectivity index (χ2v) is 6.39. The fraction of sp³-hybridized carbons (Fsp3) is 0.0769. The van der Waals surface area contributed by atoms with Gasteiger partial charge in [0.1, 0.15) is 0 Å². The molecular weight excluding hydrogens is 369 g/mol. The number of benzene rings is 1. The Morgan fingerprint density at radius 2 is 2.00 bits per heavy atom. The standard InChI is InChI=1S/C13H6BrF3N2OS/c14-11-4-3-10(21-11)12(20)19-8-2-1-7(6-18)9(5-8)13(15,16)17/h1-5H,(H,19,20). The number of rotatable bonds is 2. The summed E-state index contributed by atoms with van der Waals surface area (Å²) in [5.74, 6) is -0.511. The number of halogens is 4. The van der Waals surface area contributed by atoms with Gasteiger partial charge in [-0.2, -0.15) is 18.4 Å². The molecular formula is C13H6BrF3N2OS. The minimum absolute atomic E-state index is 0.0177. The van der Waals surface area contributed by atoms with E-state index in [0.717, 1.165) is 27.3 Å². The van der Waals surface area contributed by atoms with Crippen LogP contribution in [0.1, 0.15) is 20.8 Å². The number of hydrogen-bond donors (Lipinski definition) is 1. The van der Waals surface area contributed by atoms with Gasteiger partial charge in [-0.05, 0) is 46.3 Å². The maximum Gasteiger partial charge on any atom is 0.417 e. The summed E-state index contributed by atoms with van der Waals surface area (Å²) in [5, 5.41) is 11.1. The minimum atomic E-state index is -4.65. The molecule has 1 heterocycles. The molecule has 0 spiro atoms. The lowest BCUT2D eigenvalue weighted by Gasteiger charge is -2.11. The second kappa shape index (κ2) is 5.87. The van der Waals surface area contributed by atoms with Crippen LogP contribution in [-0.2, 0) is 6.18 Å². The molecule has 0 radical (unpaired) electrons. The van der Waals surface area contributed by atoms with E-state index in [1.54, 1.807) is 12.1 Å². The van der Waals surface area contributed by atoms with E-state index in [1.165, 1.54) is 12.1 Å². The molecule has 3 nitrogen and oxygen atoms in total. The highest BCUT2D eigenvalue weighted by atomic mass is 79.9. The van der Waals surface area contributed by atoms with E-state index in [2.05, 4.69) is 21.2 Å². The van der Waals surface area contributed by atoms with Crippen molar-refractivity contribution in [2.45, 2.75) is 6.18 Å². The number of nitriles is 1. The molecule has 0 saturated carbocycles. The Kier molecular flexibility index (Phi) is 4.34. The highest BCUT2D eigenvalue weighted by Crippen LogP contribution is 2.33. The molecule has 108 valence electrons. The molecule has 0 unspecified atom stereocenters. The van der Waals surface area contributed by atoms with Crippen molar-refractivity contribution in [1.82, 2.24) is 0 Å². The molecule has 2 aromatic rings. The fourth-order valence-corrected chi connectivity index (χ4v) is 2.86. The van der Waals surface area contributed by atoms with Crippen LogP contribution in [0.5, 0.6) is 0 Å². The van der Waals surface area contributed by atoms with Crippen molar-refractivity contribution < 1.29 is 18.0 Å². The van der Waals surface area contributed by atoms with Crippen molar-refractivity contribution in [3.8, 4) is 6.07 Å². The molecule has 21 heavy (non-hydrogen) atoms. The first-order chi connectivity index (χ1) is 9.81. The molecule has 0 bridgehead atoms. The number of thiophene rings is 1. The summed E-state index contributed by atoms with van der Waals surface area (Å²) in [7, 11) is 0. The van der Waals surface area contributed by atoms with Crippen LogP contribution in [0.2, 0.25) is 0 Å². The van der Waals surface area contributed by atoms with Gasteiger partial charge in [-0.3, -0.25) is 4.79 Å². The summed E-state index contributed by atoms with van der Waals surface area (Å²) >= 11 is 4.36. The van der Waals surface area contributed by atoms with Gasteiger partial charge in [0.15, 0.2) is 0 Å². The Hall–Kier alpha value is -1.85. The van der Waals surface area contributed by atoms with Crippen molar-refractivity contribution in [3.05, 3.63) is 50.1 Å². The summed E-state index contributed by atoms with van der Waals surface area (Å²) in [6.07, 6.45) is -4.65. The van der Waals surface area contributed by atoms with Gasteiger partial charge in [-0.25, -0.2) is 0 Å². The third-order valence-corrected chi connectivity index (χ3v) is 4.12. The Bertz CT molecular complexity index is 734. The van der Waals surface area contributed by atoms with Crippen LogP contribution >= 0.6 is 27.3 Å². The normalized spacial score (nSPS) is 11.0. The molecule has 2 rings (SSSR count). The topological polar surface area (TPSA) is 52.9 Å². The molecule has 0 aliphatic carbocycles. The van der Waals surface area contributed by atoms with Gasteiger partial charge >= 0.3 is 6.18 Å². The number of hydrogen-bond acceptors (Lipinski definition) is 3. The first-order valence-electron chi connectivity index (χ1n) is 5.49. The lowest BCUT2D eigenvalue weighted by atomic mass is 10.1. The van der Waals surface area contributed by atoms with Crippen molar-refractivity contribution in [3.63, 3.8) is 0 Å². The van der Waals surface area contributed by atoms with Gasteiger partial charge in [0.2, 0.25) is 0 Å². The summed E-state index contributed by atoms with van der Waals surface area (Å²) in [6.45, 7) is 0. The maximum absolute atomic E-state index is 12.8. The highest BCUT2D eigenvalue weighted by molar-refractivity contribution is 9.11. The maximum atomic E-state index is 12.8. The molecule has 1 N–H and O–H groups in total. The number of carbonyl (C=O) groups is 1. The zero-order valence-electron chi connectivity index (χ0n) is 10.2. The van der Waals surface area contributed by atoms with E-state index >= 15 is 0 Å². The molecule has 0 aliphatic heterocycles. The van der Waals surface area contributed by atoms with Crippen molar-refractivity contribution >= 4 is 38.9 Å². The van der Waals surface area contributed by atoms with Crippen LogP contribution in [0.4, 0.5) is 18.9 Å².